The Labute approximate surface area is 139 Å². The quantitative estimate of drug-likeness (QED) is 0.822. The molecule has 0 spiro atoms. The molecule has 2 heterocycles. The Morgan fingerprint density at radius 1 is 1.32 bits per heavy atom. The first-order valence-electron chi connectivity index (χ1n) is 7.18. The predicted octanol–water partition coefficient (Wildman–Crippen LogP) is 3.24. The maximum atomic E-state index is 5.38. The average molecular weight is 334 g/mol. The number of nitrogens with one attached hydrogen (secondary N) is 2. The van der Waals surface area contributed by atoms with Crippen molar-refractivity contribution in [2.75, 3.05) is 13.3 Å². The van der Waals surface area contributed by atoms with E-state index in [-0.39, 0.29) is 6.04 Å². The largest absolute Gasteiger partial charge is 0.454 e. The van der Waals surface area contributed by atoms with E-state index in [0.717, 1.165) is 24.5 Å². The van der Waals surface area contributed by atoms with Gasteiger partial charge in [0.2, 0.25) is 6.79 Å². The van der Waals surface area contributed by atoms with Gasteiger partial charge < -0.3 is 20.1 Å². The maximum Gasteiger partial charge on any atom is 0.231 e. The first-order chi connectivity index (χ1) is 10.7. The molecule has 1 aliphatic rings. The zero-order valence-corrected chi connectivity index (χ0v) is 13.9. The molecule has 0 radical (unpaired) electrons. The fraction of sp³-hybridized carbons (Fsp3) is 0.312. The van der Waals surface area contributed by atoms with Crippen LogP contribution in [-0.4, -0.2) is 18.5 Å². The summed E-state index contributed by atoms with van der Waals surface area (Å²) in [6.45, 7) is 3.20. The Morgan fingerprint density at radius 2 is 2.18 bits per heavy atom. The van der Waals surface area contributed by atoms with E-state index in [0.29, 0.717) is 11.9 Å². The number of benzene rings is 1. The topological polar surface area (TPSA) is 42.5 Å². The van der Waals surface area contributed by atoms with E-state index in [2.05, 4.69) is 35.1 Å². The molecule has 1 aromatic heterocycles. The molecule has 116 valence electrons. The lowest BCUT2D eigenvalue weighted by Gasteiger charge is -2.15. The molecule has 0 saturated heterocycles. The van der Waals surface area contributed by atoms with Crippen LogP contribution in [-0.2, 0) is 6.42 Å². The molecule has 3 rings (SSSR count). The van der Waals surface area contributed by atoms with Gasteiger partial charge in [0.05, 0.1) is 6.04 Å². The van der Waals surface area contributed by atoms with E-state index in [9.17, 15) is 0 Å². The van der Waals surface area contributed by atoms with Gasteiger partial charge in [0, 0.05) is 11.4 Å². The summed E-state index contributed by atoms with van der Waals surface area (Å²) in [6.07, 6.45) is 0.881. The molecular formula is C16H18N2O2S2. The molecule has 1 aliphatic heterocycles. The average Bonchev–Trinajstić information content (AvgIpc) is 3.18. The third kappa shape index (κ3) is 3.69. The minimum absolute atomic E-state index is 0.227. The first kappa shape index (κ1) is 15.1. The van der Waals surface area contributed by atoms with Gasteiger partial charge in [0.1, 0.15) is 0 Å². The lowest BCUT2D eigenvalue weighted by molar-refractivity contribution is 0.174. The summed E-state index contributed by atoms with van der Waals surface area (Å²) in [5.41, 5.74) is 1.20. The van der Waals surface area contributed by atoms with Crippen LogP contribution in [0, 0.1) is 0 Å². The van der Waals surface area contributed by atoms with Gasteiger partial charge in [-0.05, 0) is 54.7 Å². The molecule has 1 atom stereocenters. The second-order valence-corrected chi connectivity index (χ2v) is 6.46. The Hall–Kier alpha value is -1.79. The van der Waals surface area contributed by atoms with E-state index < -0.39 is 0 Å². The third-order valence-electron chi connectivity index (χ3n) is 3.45. The summed E-state index contributed by atoms with van der Waals surface area (Å²) in [7, 11) is 0. The molecule has 0 saturated carbocycles. The molecule has 22 heavy (non-hydrogen) atoms. The number of thiocarbonyl (C=S) groups is 1. The minimum atomic E-state index is 0.227. The number of ether oxygens (including phenoxy) is 2. The van der Waals surface area contributed by atoms with Gasteiger partial charge >= 0.3 is 0 Å². The number of rotatable bonds is 5. The Balaban J connectivity index is 1.44. The monoisotopic (exact) mass is 334 g/mol. The number of fused-ring (bicyclic) bond motifs is 1. The van der Waals surface area contributed by atoms with Crippen molar-refractivity contribution < 1.29 is 9.47 Å². The third-order valence-corrected chi connectivity index (χ3v) is 4.77. The standard InChI is InChI=1S/C16H18N2O2S2/c1-11(15-3-2-8-22-15)18-16(21)17-7-6-12-4-5-13-14(9-12)20-10-19-13/h2-5,8-9,11H,6-7,10H2,1H3,(H2,17,18,21). The van der Waals surface area contributed by atoms with Crippen LogP contribution < -0.4 is 20.1 Å². The van der Waals surface area contributed by atoms with Crippen LogP contribution in [0.5, 0.6) is 11.5 Å². The molecule has 6 heteroatoms. The Bertz CT molecular complexity index is 644. The lowest BCUT2D eigenvalue weighted by atomic mass is 10.1. The van der Waals surface area contributed by atoms with Crippen LogP contribution in [0.1, 0.15) is 23.4 Å². The van der Waals surface area contributed by atoms with E-state index in [4.69, 9.17) is 21.7 Å². The smallest absolute Gasteiger partial charge is 0.231 e. The molecule has 4 nitrogen and oxygen atoms in total. The highest BCUT2D eigenvalue weighted by Crippen LogP contribution is 2.32. The number of hydrogen-bond acceptors (Lipinski definition) is 4. The molecule has 2 aromatic rings. The minimum Gasteiger partial charge on any atom is -0.454 e. The van der Waals surface area contributed by atoms with Crippen molar-refractivity contribution in [2.24, 2.45) is 0 Å². The summed E-state index contributed by atoms with van der Waals surface area (Å²) in [5, 5.41) is 9.30. The van der Waals surface area contributed by atoms with Crippen molar-refractivity contribution in [1.29, 1.82) is 0 Å². The van der Waals surface area contributed by atoms with Crippen LogP contribution in [0.2, 0.25) is 0 Å². The van der Waals surface area contributed by atoms with Gasteiger partial charge in [-0.15, -0.1) is 11.3 Å². The van der Waals surface area contributed by atoms with E-state index >= 15 is 0 Å². The fourth-order valence-corrected chi connectivity index (χ4v) is 3.29. The van der Waals surface area contributed by atoms with Gasteiger partial charge in [0.15, 0.2) is 16.6 Å². The van der Waals surface area contributed by atoms with E-state index in [1.54, 1.807) is 11.3 Å². The molecule has 0 bridgehead atoms. The second-order valence-electron chi connectivity index (χ2n) is 5.07. The Kier molecular flexibility index (Phi) is 4.80. The van der Waals surface area contributed by atoms with Gasteiger partial charge in [-0.3, -0.25) is 0 Å². The van der Waals surface area contributed by atoms with Crippen LogP contribution in [0.3, 0.4) is 0 Å². The van der Waals surface area contributed by atoms with Crippen LogP contribution in [0.4, 0.5) is 0 Å². The van der Waals surface area contributed by atoms with Crippen molar-refractivity contribution in [2.45, 2.75) is 19.4 Å². The van der Waals surface area contributed by atoms with Crippen molar-refractivity contribution in [3.63, 3.8) is 0 Å². The normalized spacial score (nSPS) is 13.7. The summed E-state index contributed by atoms with van der Waals surface area (Å²) >= 11 is 7.07. The first-order valence-corrected chi connectivity index (χ1v) is 8.47. The summed E-state index contributed by atoms with van der Waals surface area (Å²) in [4.78, 5) is 1.28. The van der Waals surface area contributed by atoms with Gasteiger partial charge in [0.25, 0.3) is 0 Å². The molecule has 0 fully saturated rings. The zero-order chi connectivity index (χ0) is 15.4. The SMILES string of the molecule is CC(NC(=S)NCCc1ccc2c(c1)OCO2)c1cccs1. The van der Waals surface area contributed by atoms with Gasteiger partial charge in [-0.25, -0.2) is 0 Å². The molecule has 0 aliphatic carbocycles. The van der Waals surface area contributed by atoms with Crippen molar-refractivity contribution in [3.05, 3.63) is 46.2 Å². The maximum absolute atomic E-state index is 5.38. The number of thiophene rings is 1. The second kappa shape index (κ2) is 6.98. The molecular weight excluding hydrogens is 316 g/mol. The highest BCUT2D eigenvalue weighted by molar-refractivity contribution is 7.80. The van der Waals surface area contributed by atoms with Crippen LogP contribution >= 0.6 is 23.6 Å². The molecule has 0 amide bonds. The summed E-state index contributed by atoms with van der Waals surface area (Å²) in [5.74, 6) is 1.64. The van der Waals surface area contributed by atoms with E-state index in [1.807, 2.05) is 18.2 Å². The van der Waals surface area contributed by atoms with Crippen molar-refractivity contribution in [3.8, 4) is 11.5 Å². The molecule has 1 aromatic carbocycles. The zero-order valence-electron chi connectivity index (χ0n) is 12.3. The summed E-state index contributed by atoms with van der Waals surface area (Å²) < 4.78 is 10.7. The fourth-order valence-electron chi connectivity index (χ4n) is 2.27. The number of hydrogen-bond donors (Lipinski definition) is 2. The van der Waals surface area contributed by atoms with Gasteiger partial charge in [-0.1, -0.05) is 12.1 Å². The van der Waals surface area contributed by atoms with Crippen LogP contribution in [0.15, 0.2) is 35.7 Å². The summed E-state index contributed by atoms with van der Waals surface area (Å²) in [6, 6.07) is 10.4. The highest BCUT2D eigenvalue weighted by atomic mass is 32.1. The van der Waals surface area contributed by atoms with E-state index in [1.165, 1.54) is 10.4 Å². The lowest BCUT2D eigenvalue weighted by Crippen LogP contribution is -2.37. The molecule has 2 N–H and O–H groups in total. The molecule has 1 unspecified atom stereocenters. The van der Waals surface area contributed by atoms with Crippen LogP contribution in [0.25, 0.3) is 0 Å². The van der Waals surface area contributed by atoms with Crippen molar-refractivity contribution >= 4 is 28.7 Å². The highest BCUT2D eigenvalue weighted by Gasteiger charge is 2.13. The predicted molar refractivity (Wildman–Crippen MR) is 92.7 cm³/mol. The van der Waals surface area contributed by atoms with Crippen molar-refractivity contribution in [1.82, 2.24) is 10.6 Å². The van der Waals surface area contributed by atoms with Gasteiger partial charge in [-0.2, -0.15) is 0 Å². The Morgan fingerprint density at radius 3 is 3.00 bits per heavy atom.